The van der Waals surface area contributed by atoms with Crippen LogP contribution in [0.5, 0.6) is 0 Å². The highest BCUT2D eigenvalue weighted by atomic mass is 16.1. The number of allylic oxidation sites excluding steroid dienone is 1. The summed E-state index contributed by atoms with van der Waals surface area (Å²) in [4.78, 5) is 15.6. The molecule has 2 aliphatic rings. The number of aryl methyl sites for hydroxylation is 1. The first-order valence-corrected chi connectivity index (χ1v) is 11.5. The number of carbonyl (C=O) groups excluding carboxylic acids is 1. The summed E-state index contributed by atoms with van der Waals surface area (Å²) in [5.41, 5.74) is 8.03. The van der Waals surface area contributed by atoms with E-state index in [1.165, 1.54) is 24.0 Å². The number of fused-ring (bicyclic) bond motifs is 1. The molecule has 33 heavy (non-hydrogen) atoms. The average Bonchev–Trinajstić information content (AvgIpc) is 3.43. The molecule has 2 heterocycles. The number of hydrogen-bond acceptors (Lipinski definition) is 4. The van der Waals surface area contributed by atoms with Crippen molar-refractivity contribution >= 4 is 18.1 Å². The lowest BCUT2D eigenvalue weighted by atomic mass is 10.0. The maximum Gasteiger partial charge on any atom is 0.255 e. The lowest BCUT2D eigenvalue weighted by Gasteiger charge is -2.15. The molecular formula is C27H29N5O. The Morgan fingerprint density at radius 3 is 2.70 bits per heavy atom. The van der Waals surface area contributed by atoms with Crippen LogP contribution in [0.3, 0.4) is 0 Å². The summed E-state index contributed by atoms with van der Waals surface area (Å²) >= 11 is 0. The Hall–Kier alpha value is -3.51. The Kier molecular flexibility index (Phi) is 5.92. The Bertz CT molecular complexity index is 1250. The van der Waals surface area contributed by atoms with E-state index in [9.17, 15) is 4.79 Å². The van der Waals surface area contributed by atoms with E-state index in [2.05, 4.69) is 63.9 Å². The van der Waals surface area contributed by atoms with Gasteiger partial charge in [-0.05, 0) is 73.8 Å². The average molecular weight is 440 g/mol. The summed E-state index contributed by atoms with van der Waals surface area (Å²) in [6.07, 6.45) is 9.40. The molecule has 0 radical (unpaired) electrons. The standard InChI is InChI=1S/C27H29N5O/c1-19-12-21-8-9-22(26-18-31(2)30-29-26)15-24(21)16-25(13-19)28-27(33)23-7-5-6-20(14-23)17-32-10-3-4-11-32/h5-9,12,14-16,18H,3-4,10-11,13,17H2,1-2H3,(H,28,33). The number of carbonyl (C=O) groups is 1. The maximum atomic E-state index is 13.1. The van der Waals surface area contributed by atoms with E-state index in [-0.39, 0.29) is 5.91 Å². The van der Waals surface area contributed by atoms with E-state index in [0.717, 1.165) is 47.7 Å². The molecule has 0 spiro atoms. The molecule has 5 rings (SSSR count). The van der Waals surface area contributed by atoms with Gasteiger partial charge >= 0.3 is 0 Å². The fraction of sp³-hybridized carbons (Fsp3) is 0.296. The van der Waals surface area contributed by atoms with Gasteiger partial charge in [0.25, 0.3) is 5.91 Å². The Morgan fingerprint density at radius 2 is 1.91 bits per heavy atom. The van der Waals surface area contributed by atoms with Crippen molar-refractivity contribution in [3.8, 4) is 11.3 Å². The maximum absolute atomic E-state index is 13.1. The smallest absolute Gasteiger partial charge is 0.255 e. The third kappa shape index (κ3) is 4.96. The zero-order valence-corrected chi connectivity index (χ0v) is 19.2. The van der Waals surface area contributed by atoms with Gasteiger partial charge in [0.05, 0.1) is 6.20 Å². The first-order valence-electron chi connectivity index (χ1n) is 11.5. The quantitative estimate of drug-likeness (QED) is 0.628. The molecule has 1 amide bonds. The molecule has 2 aromatic carbocycles. The molecule has 0 saturated carbocycles. The van der Waals surface area contributed by atoms with Gasteiger partial charge in [0, 0.05) is 36.8 Å². The molecule has 1 aromatic heterocycles. The molecule has 1 aliphatic heterocycles. The lowest BCUT2D eigenvalue weighted by molar-refractivity contribution is 0.0965. The zero-order chi connectivity index (χ0) is 22.8. The number of hydrogen-bond donors (Lipinski definition) is 1. The minimum Gasteiger partial charge on any atom is -0.325 e. The molecule has 1 saturated heterocycles. The molecule has 0 atom stereocenters. The fourth-order valence-electron chi connectivity index (χ4n) is 4.63. The molecule has 168 valence electrons. The molecule has 1 N–H and O–H groups in total. The normalized spacial score (nSPS) is 16.1. The van der Waals surface area contributed by atoms with Gasteiger partial charge in [-0.3, -0.25) is 14.4 Å². The van der Waals surface area contributed by atoms with Crippen LogP contribution >= 0.6 is 0 Å². The van der Waals surface area contributed by atoms with Crippen LogP contribution in [0.4, 0.5) is 0 Å². The molecule has 3 aromatic rings. The number of nitrogens with zero attached hydrogens (tertiary/aromatic N) is 4. The predicted molar refractivity (Wildman–Crippen MR) is 131 cm³/mol. The van der Waals surface area contributed by atoms with Crippen molar-refractivity contribution in [3.05, 3.63) is 82.2 Å². The first kappa shape index (κ1) is 21.3. The van der Waals surface area contributed by atoms with Crippen molar-refractivity contribution in [2.24, 2.45) is 7.05 Å². The van der Waals surface area contributed by atoms with E-state index in [4.69, 9.17) is 0 Å². The van der Waals surface area contributed by atoms with Gasteiger partial charge in [-0.15, -0.1) is 5.10 Å². The van der Waals surface area contributed by atoms with Crippen LogP contribution in [0.15, 0.2) is 59.9 Å². The number of benzene rings is 2. The van der Waals surface area contributed by atoms with Crippen molar-refractivity contribution in [1.29, 1.82) is 0 Å². The van der Waals surface area contributed by atoms with Crippen LogP contribution in [0.2, 0.25) is 0 Å². The van der Waals surface area contributed by atoms with Crippen molar-refractivity contribution in [3.63, 3.8) is 0 Å². The number of nitrogens with one attached hydrogen (secondary N) is 1. The second kappa shape index (κ2) is 9.16. The summed E-state index contributed by atoms with van der Waals surface area (Å²) < 4.78 is 1.70. The number of amides is 1. The fourth-order valence-corrected chi connectivity index (χ4v) is 4.63. The van der Waals surface area contributed by atoms with Gasteiger partial charge in [0.2, 0.25) is 0 Å². The minimum absolute atomic E-state index is 0.0640. The molecule has 0 unspecified atom stereocenters. The summed E-state index contributed by atoms with van der Waals surface area (Å²) in [7, 11) is 1.86. The zero-order valence-electron chi connectivity index (χ0n) is 19.2. The molecule has 1 fully saturated rings. The second-order valence-electron chi connectivity index (χ2n) is 9.10. The molecule has 1 aliphatic carbocycles. The minimum atomic E-state index is -0.0640. The summed E-state index contributed by atoms with van der Waals surface area (Å²) in [5.74, 6) is -0.0640. The van der Waals surface area contributed by atoms with E-state index in [0.29, 0.717) is 12.0 Å². The van der Waals surface area contributed by atoms with Crippen molar-refractivity contribution < 1.29 is 4.79 Å². The third-order valence-corrected chi connectivity index (χ3v) is 6.25. The monoisotopic (exact) mass is 439 g/mol. The highest BCUT2D eigenvalue weighted by molar-refractivity contribution is 5.96. The molecule has 0 bridgehead atoms. The summed E-state index contributed by atoms with van der Waals surface area (Å²) in [6.45, 7) is 5.29. The van der Waals surface area contributed by atoms with Gasteiger partial charge in [0.1, 0.15) is 5.69 Å². The van der Waals surface area contributed by atoms with E-state index in [1.807, 2.05) is 31.4 Å². The van der Waals surface area contributed by atoms with Gasteiger partial charge in [-0.25, -0.2) is 0 Å². The van der Waals surface area contributed by atoms with Gasteiger partial charge < -0.3 is 5.32 Å². The molecule has 6 heteroatoms. The topological polar surface area (TPSA) is 63.1 Å². The Labute approximate surface area is 194 Å². The van der Waals surface area contributed by atoms with Crippen molar-refractivity contribution in [2.45, 2.75) is 32.7 Å². The van der Waals surface area contributed by atoms with Crippen LogP contribution in [-0.2, 0) is 13.6 Å². The predicted octanol–water partition coefficient (Wildman–Crippen LogP) is 4.66. The highest BCUT2D eigenvalue weighted by Crippen LogP contribution is 2.28. The highest BCUT2D eigenvalue weighted by Gasteiger charge is 2.16. The second-order valence-corrected chi connectivity index (χ2v) is 9.10. The van der Waals surface area contributed by atoms with Crippen LogP contribution in [-0.4, -0.2) is 38.9 Å². The van der Waals surface area contributed by atoms with E-state index in [1.54, 1.807) is 4.68 Å². The van der Waals surface area contributed by atoms with E-state index >= 15 is 0 Å². The van der Waals surface area contributed by atoms with Crippen molar-refractivity contribution in [1.82, 2.24) is 25.2 Å². The van der Waals surface area contributed by atoms with Crippen molar-refractivity contribution in [2.75, 3.05) is 13.1 Å². The first-order chi connectivity index (χ1) is 16.0. The van der Waals surface area contributed by atoms with Gasteiger partial charge in [0.15, 0.2) is 0 Å². The van der Waals surface area contributed by atoms with Crippen LogP contribution in [0, 0.1) is 0 Å². The van der Waals surface area contributed by atoms with Gasteiger partial charge in [-0.1, -0.05) is 41.1 Å². The number of likely N-dealkylation sites (tertiary alicyclic amines) is 1. The van der Waals surface area contributed by atoms with Crippen LogP contribution < -0.4 is 5.32 Å². The number of aromatic nitrogens is 3. The van der Waals surface area contributed by atoms with Crippen LogP contribution in [0.1, 0.15) is 53.2 Å². The number of rotatable bonds is 5. The van der Waals surface area contributed by atoms with Crippen LogP contribution in [0.25, 0.3) is 23.4 Å². The van der Waals surface area contributed by atoms with E-state index < -0.39 is 0 Å². The Morgan fingerprint density at radius 1 is 1.06 bits per heavy atom. The molecular weight excluding hydrogens is 410 g/mol. The summed E-state index contributed by atoms with van der Waals surface area (Å²) in [5, 5.41) is 11.4. The SMILES string of the molecule is CC1=Cc2ccc(-c3cn(C)nn3)cc2C=C(NC(=O)c2cccc(CN3CCCC3)c2)C1. The lowest BCUT2D eigenvalue weighted by Crippen LogP contribution is -2.23. The Balaban J connectivity index is 1.38. The van der Waals surface area contributed by atoms with Gasteiger partial charge in [-0.2, -0.15) is 0 Å². The largest absolute Gasteiger partial charge is 0.325 e. The molecule has 6 nitrogen and oxygen atoms in total. The third-order valence-electron chi connectivity index (χ3n) is 6.25. The summed E-state index contributed by atoms with van der Waals surface area (Å²) in [6, 6.07) is 14.3.